The number of nitrogens with one attached hydrogen (secondary N) is 1. The fourth-order valence-electron chi connectivity index (χ4n) is 0.447. The lowest BCUT2D eigenvalue weighted by atomic mass is 10.4. The molecule has 0 bridgehead atoms. The zero-order valence-corrected chi connectivity index (χ0v) is 8.98. The van der Waals surface area contributed by atoms with Gasteiger partial charge in [0.1, 0.15) is 5.94 Å². The molecule has 0 aromatic rings. The van der Waals surface area contributed by atoms with Crippen molar-refractivity contribution in [3.05, 3.63) is 12.2 Å². The number of ether oxygens (including phenoxy) is 2. The Bertz CT molecular complexity index is 229. The van der Waals surface area contributed by atoms with Crippen molar-refractivity contribution in [2.75, 3.05) is 18.9 Å². The van der Waals surface area contributed by atoms with Crippen molar-refractivity contribution in [1.29, 1.82) is 0 Å². The molecule has 0 aromatic heterocycles. The second-order valence-corrected chi connectivity index (χ2v) is 3.18. The molecular formula is C8H13NO4S. The molecule has 0 aliphatic carbocycles. The summed E-state index contributed by atoms with van der Waals surface area (Å²) in [7, 11) is 0. The minimum atomic E-state index is -0.617. The lowest BCUT2D eigenvalue weighted by molar-refractivity contribution is -0.139. The molecule has 0 aromatic carbocycles. The Morgan fingerprint density at radius 1 is 1.43 bits per heavy atom. The molecule has 0 radical (unpaired) electrons. The van der Waals surface area contributed by atoms with Crippen LogP contribution in [0.25, 0.3) is 0 Å². The molecule has 0 saturated heterocycles. The van der Waals surface area contributed by atoms with Gasteiger partial charge in [0.15, 0.2) is 6.73 Å². The Kier molecular flexibility index (Phi) is 6.65. The summed E-state index contributed by atoms with van der Waals surface area (Å²) in [4.78, 5) is 21.6. The SMILES string of the molecule is C=C(C)C(=O)OCNC(=O)OCSC. The molecule has 5 nitrogen and oxygen atoms in total. The van der Waals surface area contributed by atoms with E-state index in [1.54, 1.807) is 6.26 Å². The summed E-state index contributed by atoms with van der Waals surface area (Å²) < 4.78 is 9.23. The van der Waals surface area contributed by atoms with Gasteiger partial charge in [0.25, 0.3) is 0 Å². The van der Waals surface area contributed by atoms with Gasteiger partial charge in [-0.15, -0.1) is 11.8 Å². The monoisotopic (exact) mass is 219 g/mol. The van der Waals surface area contributed by atoms with E-state index in [-0.39, 0.29) is 18.2 Å². The fourth-order valence-corrected chi connectivity index (χ4v) is 0.672. The van der Waals surface area contributed by atoms with E-state index in [1.165, 1.54) is 18.7 Å². The van der Waals surface area contributed by atoms with Crippen molar-refractivity contribution in [3.63, 3.8) is 0 Å². The van der Waals surface area contributed by atoms with Gasteiger partial charge in [0.05, 0.1) is 0 Å². The van der Waals surface area contributed by atoms with Crippen molar-refractivity contribution in [2.24, 2.45) is 0 Å². The molecular weight excluding hydrogens is 206 g/mol. The van der Waals surface area contributed by atoms with Crippen LogP contribution in [0, 0.1) is 0 Å². The number of hydrogen-bond donors (Lipinski definition) is 1. The summed E-state index contributed by atoms with van der Waals surface area (Å²) in [6.45, 7) is 4.69. The zero-order valence-electron chi connectivity index (χ0n) is 8.16. The van der Waals surface area contributed by atoms with Crippen molar-refractivity contribution in [1.82, 2.24) is 5.32 Å². The number of hydrogen-bond acceptors (Lipinski definition) is 5. The first-order valence-corrected chi connectivity index (χ1v) is 5.19. The Morgan fingerprint density at radius 2 is 2.07 bits per heavy atom. The topological polar surface area (TPSA) is 64.6 Å². The average molecular weight is 219 g/mol. The molecule has 0 spiro atoms. The van der Waals surface area contributed by atoms with Crippen LogP contribution >= 0.6 is 11.8 Å². The molecule has 0 aliphatic rings. The second-order valence-electron chi connectivity index (χ2n) is 2.37. The normalized spacial score (nSPS) is 9.00. The van der Waals surface area contributed by atoms with Gasteiger partial charge in [-0.25, -0.2) is 9.59 Å². The fraction of sp³-hybridized carbons (Fsp3) is 0.500. The highest BCUT2D eigenvalue weighted by Crippen LogP contribution is 1.93. The summed E-state index contributed by atoms with van der Waals surface area (Å²) in [5.74, 6) is -0.282. The van der Waals surface area contributed by atoms with Crippen LogP contribution in [0.3, 0.4) is 0 Å². The lowest BCUT2D eigenvalue weighted by Crippen LogP contribution is -2.28. The van der Waals surface area contributed by atoms with Crippen LogP contribution < -0.4 is 5.32 Å². The molecule has 14 heavy (non-hydrogen) atoms. The maximum atomic E-state index is 10.8. The van der Waals surface area contributed by atoms with E-state index in [1.807, 2.05) is 0 Å². The van der Waals surface area contributed by atoms with Crippen molar-refractivity contribution in [2.45, 2.75) is 6.92 Å². The van der Waals surface area contributed by atoms with Crippen LogP contribution in [0.4, 0.5) is 4.79 Å². The van der Waals surface area contributed by atoms with Crippen LogP contribution in [0.1, 0.15) is 6.92 Å². The summed E-state index contributed by atoms with van der Waals surface area (Å²) in [5, 5.41) is 2.24. The number of carbonyl (C=O) groups is 2. The Labute approximate surface area is 86.8 Å². The summed E-state index contributed by atoms with van der Waals surface area (Å²) >= 11 is 1.37. The zero-order chi connectivity index (χ0) is 11.0. The molecule has 1 N–H and O–H groups in total. The summed E-state index contributed by atoms with van der Waals surface area (Å²) in [6, 6.07) is 0. The highest BCUT2D eigenvalue weighted by Gasteiger charge is 2.04. The molecule has 0 unspecified atom stereocenters. The van der Waals surface area contributed by atoms with Crippen molar-refractivity contribution >= 4 is 23.8 Å². The molecule has 0 rings (SSSR count). The van der Waals surface area contributed by atoms with Crippen molar-refractivity contribution < 1.29 is 19.1 Å². The minimum absolute atomic E-state index is 0.209. The van der Waals surface area contributed by atoms with Gasteiger partial charge < -0.3 is 9.47 Å². The lowest BCUT2D eigenvalue weighted by Gasteiger charge is -2.06. The molecule has 6 heteroatoms. The van der Waals surface area contributed by atoms with Gasteiger partial charge in [-0.05, 0) is 13.2 Å². The number of carbonyl (C=O) groups excluding carboxylic acids is 2. The molecule has 0 atom stereocenters. The minimum Gasteiger partial charge on any atom is -0.441 e. The van der Waals surface area contributed by atoms with Crippen LogP contribution in [-0.4, -0.2) is 31.0 Å². The largest absolute Gasteiger partial charge is 0.441 e. The molecule has 1 amide bonds. The maximum Gasteiger partial charge on any atom is 0.410 e. The first-order valence-electron chi connectivity index (χ1n) is 3.80. The standard InChI is InChI=1S/C8H13NO4S/c1-6(2)7(10)12-4-9-8(11)13-5-14-3/h1,4-5H2,2-3H3,(H,9,11). The smallest absolute Gasteiger partial charge is 0.410 e. The third-order valence-electron chi connectivity index (χ3n) is 1.08. The quantitative estimate of drug-likeness (QED) is 0.426. The molecule has 80 valence electrons. The van der Waals surface area contributed by atoms with E-state index in [9.17, 15) is 9.59 Å². The van der Waals surface area contributed by atoms with Gasteiger partial charge >= 0.3 is 12.1 Å². The molecule has 0 saturated carbocycles. The number of alkyl carbamates (subject to hydrolysis) is 1. The average Bonchev–Trinajstić information content (AvgIpc) is 2.14. The van der Waals surface area contributed by atoms with E-state index in [2.05, 4.69) is 21.4 Å². The van der Waals surface area contributed by atoms with Gasteiger partial charge in [-0.3, -0.25) is 5.32 Å². The van der Waals surface area contributed by atoms with Crippen LogP contribution in [0.15, 0.2) is 12.2 Å². The van der Waals surface area contributed by atoms with Crippen LogP contribution in [0.5, 0.6) is 0 Å². The van der Waals surface area contributed by atoms with E-state index in [4.69, 9.17) is 0 Å². The highest BCUT2D eigenvalue weighted by atomic mass is 32.2. The Hall–Kier alpha value is -1.17. The Morgan fingerprint density at radius 3 is 2.57 bits per heavy atom. The van der Waals surface area contributed by atoms with Crippen molar-refractivity contribution in [3.8, 4) is 0 Å². The predicted octanol–water partition coefficient (Wildman–Crippen LogP) is 1.11. The number of amides is 1. The van der Waals surface area contributed by atoms with E-state index in [0.29, 0.717) is 0 Å². The summed E-state index contributed by atoms with van der Waals surface area (Å²) in [5.41, 5.74) is 0.282. The third-order valence-corrected chi connectivity index (χ3v) is 1.43. The van der Waals surface area contributed by atoms with Gasteiger partial charge in [-0.1, -0.05) is 6.58 Å². The van der Waals surface area contributed by atoms with Gasteiger partial charge in [-0.2, -0.15) is 0 Å². The Balaban J connectivity index is 3.49. The molecule has 0 fully saturated rings. The number of rotatable bonds is 5. The van der Waals surface area contributed by atoms with Gasteiger partial charge in [0, 0.05) is 5.57 Å². The van der Waals surface area contributed by atoms with Gasteiger partial charge in [0.2, 0.25) is 0 Å². The number of esters is 1. The number of thioether (sulfide) groups is 1. The first-order chi connectivity index (χ1) is 6.57. The highest BCUT2D eigenvalue weighted by molar-refractivity contribution is 7.98. The van der Waals surface area contributed by atoms with E-state index >= 15 is 0 Å². The van der Waals surface area contributed by atoms with E-state index < -0.39 is 12.1 Å². The predicted molar refractivity (Wildman–Crippen MR) is 53.8 cm³/mol. The third kappa shape index (κ3) is 6.36. The molecule has 0 aliphatic heterocycles. The molecule has 0 heterocycles. The first kappa shape index (κ1) is 12.8. The van der Waals surface area contributed by atoms with E-state index in [0.717, 1.165) is 0 Å². The summed E-state index contributed by atoms with van der Waals surface area (Å²) in [6.07, 6.45) is 1.18. The second kappa shape index (κ2) is 7.25. The maximum absolute atomic E-state index is 10.8. The van der Waals surface area contributed by atoms with Crippen LogP contribution in [0.2, 0.25) is 0 Å². The van der Waals surface area contributed by atoms with Crippen LogP contribution in [-0.2, 0) is 14.3 Å².